The number of hydrogen-bond acceptors (Lipinski definition) is 3. The molecule has 5 nitrogen and oxygen atoms in total. The molecule has 0 aliphatic carbocycles. The van der Waals surface area contributed by atoms with Gasteiger partial charge in [0.2, 0.25) is 5.91 Å². The summed E-state index contributed by atoms with van der Waals surface area (Å²) in [6.45, 7) is 5.17. The number of nitrogens with one attached hydrogen (secondary N) is 1. The van der Waals surface area contributed by atoms with Crippen LogP contribution in [0.15, 0.2) is 24.3 Å². The van der Waals surface area contributed by atoms with Gasteiger partial charge in [-0.25, -0.2) is 0 Å². The van der Waals surface area contributed by atoms with Crippen LogP contribution in [0.1, 0.15) is 38.2 Å². The Bertz CT molecular complexity index is 528. The van der Waals surface area contributed by atoms with Gasteiger partial charge in [-0.3, -0.25) is 9.59 Å². The lowest BCUT2D eigenvalue weighted by atomic mass is 10.0. The lowest BCUT2D eigenvalue weighted by Gasteiger charge is -2.17. The van der Waals surface area contributed by atoms with E-state index in [9.17, 15) is 14.7 Å². The fourth-order valence-corrected chi connectivity index (χ4v) is 2.62. The maximum atomic E-state index is 12.3. The molecule has 0 bridgehead atoms. The molecule has 2 rings (SSSR count). The summed E-state index contributed by atoms with van der Waals surface area (Å²) in [5, 5.41) is 12.6. The van der Waals surface area contributed by atoms with Gasteiger partial charge in [0.25, 0.3) is 0 Å². The van der Waals surface area contributed by atoms with E-state index in [1.165, 1.54) is 0 Å². The van der Waals surface area contributed by atoms with Crippen LogP contribution in [-0.4, -0.2) is 36.1 Å². The van der Waals surface area contributed by atoms with Crippen LogP contribution in [-0.2, 0) is 9.59 Å². The van der Waals surface area contributed by atoms with E-state index >= 15 is 0 Å². The standard InChI is InChI=1S/C16H22N2O3/c1-11(2)17-9-5-8-15(19)18-10-13(16(20)21)12-6-3-4-7-14(12)18/h3-4,6-7,11,13,17H,5,8-10H2,1-2H3,(H,20,21). The van der Waals surface area contributed by atoms with Gasteiger partial charge in [-0.2, -0.15) is 0 Å². The molecule has 0 aromatic heterocycles. The minimum absolute atomic E-state index is 0.00300. The molecule has 1 aromatic rings. The predicted octanol–water partition coefficient (Wildman–Crippen LogP) is 1.98. The molecule has 5 heteroatoms. The molecular weight excluding hydrogens is 268 g/mol. The van der Waals surface area contributed by atoms with Crippen molar-refractivity contribution >= 4 is 17.6 Å². The van der Waals surface area contributed by atoms with Crippen LogP contribution < -0.4 is 10.2 Å². The number of carbonyl (C=O) groups excluding carboxylic acids is 1. The molecule has 1 atom stereocenters. The Kier molecular flexibility index (Phi) is 4.96. The highest BCUT2D eigenvalue weighted by Gasteiger charge is 2.35. The number of aliphatic carboxylic acids is 1. The Labute approximate surface area is 125 Å². The number of hydrogen-bond donors (Lipinski definition) is 2. The van der Waals surface area contributed by atoms with Gasteiger partial charge in [-0.15, -0.1) is 0 Å². The summed E-state index contributed by atoms with van der Waals surface area (Å²) in [4.78, 5) is 25.3. The van der Waals surface area contributed by atoms with Gasteiger partial charge in [0.05, 0.1) is 0 Å². The van der Waals surface area contributed by atoms with Crippen molar-refractivity contribution < 1.29 is 14.7 Å². The number of nitrogens with zero attached hydrogens (tertiary/aromatic N) is 1. The minimum Gasteiger partial charge on any atom is -0.481 e. The fourth-order valence-electron chi connectivity index (χ4n) is 2.62. The molecule has 2 N–H and O–H groups in total. The van der Waals surface area contributed by atoms with Crippen molar-refractivity contribution in [1.29, 1.82) is 0 Å². The third-order valence-corrected chi connectivity index (χ3v) is 3.69. The molecule has 1 amide bonds. The Hall–Kier alpha value is -1.88. The molecular formula is C16H22N2O3. The van der Waals surface area contributed by atoms with Gasteiger partial charge in [-0.05, 0) is 24.6 Å². The molecule has 114 valence electrons. The maximum Gasteiger partial charge on any atom is 0.312 e. The van der Waals surface area contributed by atoms with Crippen LogP contribution >= 0.6 is 0 Å². The van der Waals surface area contributed by atoms with Crippen LogP contribution in [0.25, 0.3) is 0 Å². The lowest BCUT2D eigenvalue weighted by Crippen LogP contribution is -2.32. The van der Waals surface area contributed by atoms with Crippen molar-refractivity contribution in [1.82, 2.24) is 5.32 Å². The highest BCUT2D eigenvalue weighted by Crippen LogP contribution is 2.36. The zero-order valence-corrected chi connectivity index (χ0v) is 12.5. The first-order chi connectivity index (χ1) is 10.0. The topological polar surface area (TPSA) is 69.6 Å². The Morgan fingerprint density at radius 3 is 2.76 bits per heavy atom. The van der Waals surface area contributed by atoms with E-state index in [4.69, 9.17) is 0 Å². The van der Waals surface area contributed by atoms with Crippen molar-refractivity contribution in [2.45, 2.75) is 38.6 Å². The van der Waals surface area contributed by atoms with Gasteiger partial charge >= 0.3 is 5.97 Å². The van der Waals surface area contributed by atoms with Crippen molar-refractivity contribution in [3.8, 4) is 0 Å². The van der Waals surface area contributed by atoms with Gasteiger partial charge < -0.3 is 15.3 Å². The average Bonchev–Trinajstić information content (AvgIpc) is 2.83. The van der Waals surface area contributed by atoms with Gasteiger partial charge in [0.1, 0.15) is 5.92 Å². The zero-order valence-electron chi connectivity index (χ0n) is 12.5. The first-order valence-electron chi connectivity index (χ1n) is 7.36. The molecule has 1 unspecified atom stereocenters. The summed E-state index contributed by atoms with van der Waals surface area (Å²) < 4.78 is 0. The van der Waals surface area contributed by atoms with Crippen LogP contribution in [0.5, 0.6) is 0 Å². The SMILES string of the molecule is CC(C)NCCCC(=O)N1CC(C(=O)O)c2ccccc21. The van der Waals surface area contributed by atoms with Crippen molar-refractivity contribution in [2.75, 3.05) is 18.0 Å². The number of carboxylic acids is 1. The second-order valence-electron chi connectivity index (χ2n) is 5.67. The van der Waals surface area contributed by atoms with Gasteiger partial charge in [0, 0.05) is 24.7 Å². The van der Waals surface area contributed by atoms with E-state index in [0.29, 0.717) is 12.5 Å². The van der Waals surface area contributed by atoms with E-state index in [1.54, 1.807) is 11.0 Å². The predicted molar refractivity (Wildman–Crippen MR) is 81.5 cm³/mol. The van der Waals surface area contributed by atoms with E-state index in [1.807, 2.05) is 18.2 Å². The van der Waals surface area contributed by atoms with Crippen LogP contribution in [0.2, 0.25) is 0 Å². The quantitative estimate of drug-likeness (QED) is 0.786. The van der Waals surface area contributed by atoms with E-state index < -0.39 is 11.9 Å². The highest BCUT2D eigenvalue weighted by molar-refractivity contribution is 5.98. The molecule has 0 spiro atoms. The Morgan fingerprint density at radius 2 is 2.10 bits per heavy atom. The zero-order chi connectivity index (χ0) is 15.4. The second-order valence-corrected chi connectivity index (χ2v) is 5.67. The highest BCUT2D eigenvalue weighted by atomic mass is 16.4. The smallest absolute Gasteiger partial charge is 0.312 e. The minimum atomic E-state index is -0.876. The number of fused-ring (bicyclic) bond motifs is 1. The second kappa shape index (κ2) is 6.72. The Balaban J connectivity index is 2.01. The van der Waals surface area contributed by atoms with Crippen LogP contribution in [0.3, 0.4) is 0 Å². The number of para-hydroxylation sites is 1. The molecule has 0 fully saturated rings. The average molecular weight is 290 g/mol. The maximum absolute atomic E-state index is 12.3. The number of carboxylic acid groups (broad SMARTS) is 1. The van der Waals surface area contributed by atoms with Crippen LogP contribution in [0, 0.1) is 0 Å². The first kappa shape index (κ1) is 15.5. The van der Waals surface area contributed by atoms with E-state index in [0.717, 1.165) is 24.2 Å². The summed E-state index contributed by atoms with van der Waals surface area (Å²) >= 11 is 0. The third kappa shape index (κ3) is 3.61. The first-order valence-corrected chi connectivity index (χ1v) is 7.36. The number of anilines is 1. The molecule has 21 heavy (non-hydrogen) atoms. The van der Waals surface area contributed by atoms with Gasteiger partial charge in [0.15, 0.2) is 0 Å². The molecule has 1 aromatic carbocycles. The summed E-state index contributed by atoms with van der Waals surface area (Å²) in [6.07, 6.45) is 1.19. The van der Waals surface area contributed by atoms with E-state index in [-0.39, 0.29) is 12.5 Å². The third-order valence-electron chi connectivity index (χ3n) is 3.69. The van der Waals surface area contributed by atoms with Gasteiger partial charge in [-0.1, -0.05) is 32.0 Å². The monoisotopic (exact) mass is 290 g/mol. The molecule has 0 radical (unpaired) electrons. The summed E-state index contributed by atoms with van der Waals surface area (Å²) in [6, 6.07) is 7.67. The summed E-state index contributed by atoms with van der Waals surface area (Å²) in [5.74, 6) is -1.49. The summed E-state index contributed by atoms with van der Waals surface area (Å²) in [7, 11) is 0. The van der Waals surface area contributed by atoms with Crippen molar-refractivity contribution in [3.63, 3.8) is 0 Å². The van der Waals surface area contributed by atoms with E-state index in [2.05, 4.69) is 19.2 Å². The van der Waals surface area contributed by atoms with Crippen molar-refractivity contribution in [2.24, 2.45) is 0 Å². The molecule has 0 saturated heterocycles. The lowest BCUT2D eigenvalue weighted by molar-refractivity contribution is -0.138. The summed E-state index contributed by atoms with van der Waals surface area (Å²) in [5.41, 5.74) is 1.48. The molecule has 1 aliphatic heterocycles. The van der Waals surface area contributed by atoms with Crippen molar-refractivity contribution in [3.05, 3.63) is 29.8 Å². The molecule has 0 saturated carbocycles. The fraction of sp³-hybridized carbons (Fsp3) is 0.500. The normalized spacial score (nSPS) is 17.1. The number of carbonyl (C=O) groups is 2. The largest absolute Gasteiger partial charge is 0.481 e. The van der Waals surface area contributed by atoms with Crippen LogP contribution in [0.4, 0.5) is 5.69 Å². The molecule has 1 aliphatic rings. The number of amides is 1. The Morgan fingerprint density at radius 1 is 1.38 bits per heavy atom. The molecule has 1 heterocycles. The number of rotatable bonds is 6. The number of benzene rings is 1.